The molecule has 0 unspecified atom stereocenters. The highest BCUT2D eigenvalue weighted by atomic mass is 32.2. The molecule has 18 heavy (non-hydrogen) atoms. The van der Waals surface area contributed by atoms with Crippen LogP contribution in [0.5, 0.6) is 0 Å². The van der Waals surface area contributed by atoms with Gasteiger partial charge in [-0.15, -0.1) is 11.8 Å². The van der Waals surface area contributed by atoms with E-state index in [2.05, 4.69) is 12.1 Å². The predicted octanol–water partition coefficient (Wildman–Crippen LogP) is 4.19. The van der Waals surface area contributed by atoms with Crippen molar-refractivity contribution in [2.24, 2.45) is 0 Å². The Morgan fingerprint density at radius 1 is 0.944 bits per heavy atom. The van der Waals surface area contributed by atoms with E-state index in [0.717, 1.165) is 10.6 Å². The number of hydrogen-bond donors (Lipinski definition) is 1. The van der Waals surface area contributed by atoms with Crippen molar-refractivity contribution in [3.8, 4) is 0 Å². The minimum atomic E-state index is -0.184. The summed E-state index contributed by atoms with van der Waals surface area (Å²) in [6, 6.07) is 14.8. The summed E-state index contributed by atoms with van der Waals surface area (Å²) in [7, 11) is 0. The summed E-state index contributed by atoms with van der Waals surface area (Å²) in [5.74, 6) is -0.184. The van der Waals surface area contributed by atoms with Crippen LogP contribution in [0.2, 0.25) is 0 Å². The van der Waals surface area contributed by atoms with Crippen molar-refractivity contribution in [2.75, 3.05) is 5.73 Å². The van der Waals surface area contributed by atoms with Gasteiger partial charge in [-0.3, -0.25) is 0 Å². The number of halogens is 1. The first-order valence-electron chi connectivity index (χ1n) is 5.99. The largest absolute Gasteiger partial charge is 0.399 e. The molecular formula is C15H14FNS. The van der Waals surface area contributed by atoms with Crippen LogP contribution < -0.4 is 5.73 Å². The molecule has 0 aliphatic heterocycles. The molecule has 2 aromatic rings. The molecule has 0 aromatic heterocycles. The normalized spacial score (nSPS) is 16.5. The van der Waals surface area contributed by atoms with Gasteiger partial charge < -0.3 is 5.73 Å². The third kappa shape index (κ3) is 2.23. The van der Waals surface area contributed by atoms with Gasteiger partial charge in [0.15, 0.2) is 0 Å². The first kappa shape index (κ1) is 11.6. The van der Waals surface area contributed by atoms with E-state index in [-0.39, 0.29) is 10.6 Å². The van der Waals surface area contributed by atoms with Crippen molar-refractivity contribution in [3.63, 3.8) is 0 Å². The van der Waals surface area contributed by atoms with E-state index in [1.165, 1.54) is 30.5 Å². The van der Waals surface area contributed by atoms with Gasteiger partial charge in [-0.2, -0.15) is 0 Å². The molecule has 1 aliphatic carbocycles. The maximum Gasteiger partial charge on any atom is 0.123 e. The average Bonchev–Trinajstić information content (AvgIpc) is 3.14. The molecule has 3 rings (SSSR count). The van der Waals surface area contributed by atoms with E-state index >= 15 is 0 Å². The molecule has 3 heteroatoms. The lowest BCUT2D eigenvalue weighted by atomic mass is 10.1. The van der Waals surface area contributed by atoms with Crippen molar-refractivity contribution >= 4 is 17.4 Å². The molecule has 0 spiro atoms. The topological polar surface area (TPSA) is 26.0 Å². The van der Waals surface area contributed by atoms with Gasteiger partial charge in [0, 0.05) is 15.3 Å². The van der Waals surface area contributed by atoms with Crippen LogP contribution in [-0.2, 0) is 4.75 Å². The van der Waals surface area contributed by atoms with Gasteiger partial charge in [-0.05, 0) is 54.8 Å². The molecule has 92 valence electrons. The third-order valence-corrected chi connectivity index (χ3v) is 4.81. The molecule has 0 amide bonds. The Kier molecular flexibility index (Phi) is 2.78. The van der Waals surface area contributed by atoms with E-state index in [9.17, 15) is 4.39 Å². The summed E-state index contributed by atoms with van der Waals surface area (Å²) in [6.07, 6.45) is 2.33. The Bertz CT molecular complexity index is 544. The number of benzene rings is 2. The molecule has 0 bridgehead atoms. The lowest BCUT2D eigenvalue weighted by Crippen LogP contribution is -2.00. The van der Waals surface area contributed by atoms with Crippen molar-refractivity contribution in [3.05, 3.63) is 59.9 Å². The number of anilines is 1. The lowest BCUT2D eigenvalue weighted by molar-refractivity contribution is 0.626. The van der Waals surface area contributed by atoms with Gasteiger partial charge in [0.1, 0.15) is 5.82 Å². The number of hydrogen-bond acceptors (Lipinski definition) is 2. The Hall–Kier alpha value is -1.48. The number of nitrogens with two attached hydrogens (primary N) is 1. The summed E-state index contributed by atoms with van der Waals surface area (Å²) in [5.41, 5.74) is 7.82. The molecule has 1 saturated carbocycles. The monoisotopic (exact) mass is 259 g/mol. The summed E-state index contributed by atoms with van der Waals surface area (Å²) in [5, 5.41) is 0. The van der Waals surface area contributed by atoms with E-state index in [1.54, 1.807) is 0 Å². The molecule has 1 fully saturated rings. The molecule has 0 radical (unpaired) electrons. The van der Waals surface area contributed by atoms with Gasteiger partial charge >= 0.3 is 0 Å². The summed E-state index contributed by atoms with van der Waals surface area (Å²) in [6.45, 7) is 0. The van der Waals surface area contributed by atoms with E-state index in [0.29, 0.717) is 0 Å². The van der Waals surface area contributed by atoms with Crippen LogP contribution in [0.25, 0.3) is 0 Å². The highest BCUT2D eigenvalue weighted by molar-refractivity contribution is 8.00. The minimum absolute atomic E-state index is 0.172. The lowest BCUT2D eigenvalue weighted by Gasteiger charge is -2.15. The molecule has 2 aromatic carbocycles. The predicted molar refractivity (Wildman–Crippen MR) is 74.0 cm³/mol. The van der Waals surface area contributed by atoms with Crippen LogP contribution in [0.15, 0.2) is 53.4 Å². The van der Waals surface area contributed by atoms with Crippen LogP contribution in [0.3, 0.4) is 0 Å². The summed E-state index contributed by atoms with van der Waals surface area (Å²) < 4.78 is 13.1. The van der Waals surface area contributed by atoms with E-state index in [1.807, 2.05) is 36.0 Å². The maximum absolute atomic E-state index is 12.9. The number of rotatable bonds is 3. The minimum Gasteiger partial charge on any atom is -0.399 e. The first-order chi connectivity index (χ1) is 8.68. The summed E-state index contributed by atoms with van der Waals surface area (Å²) >= 11 is 1.82. The zero-order chi connectivity index (χ0) is 12.6. The molecule has 2 N–H and O–H groups in total. The second kappa shape index (κ2) is 4.32. The third-order valence-electron chi connectivity index (χ3n) is 3.27. The fourth-order valence-electron chi connectivity index (χ4n) is 2.08. The molecule has 0 atom stereocenters. The van der Waals surface area contributed by atoms with E-state index in [4.69, 9.17) is 5.73 Å². The van der Waals surface area contributed by atoms with Gasteiger partial charge in [0.25, 0.3) is 0 Å². The molecule has 1 nitrogen and oxygen atoms in total. The highest BCUT2D eigenvalue weighted by Gasteiger charge is 2.45. The zero-order valence-electron chi connectivity index (χ0n) is 9.90. The smallest absolute Gasteiger partial charge is 0.123 e. The van der Waals surface area contributed by atoms with Crippen LogP contribution in [0.4, 0.5) is 10.1 Å². The average molecular weight is 259 g/mol. The quantitative estimate of drug-likeness (QED) is 0.836. The zero-order valence-corrected chi connectivity index (χ0v) is 10.7. The van der Waals surface area contributed by atoms with Gasteiger partial charge in [-0.1, -0.05) is 12.1 Å². The Labute approximate surface area is 110 Å². The Morgan fingerprint density at radius 3 is 2.11 bits per heavy atom. The van der Waals surface area contributed by atoms with Crippen LogP contribution in [-0.4, -0.2) is 0 Å². The van der Waals surface area contributed by atoms with Crippen molar-refractivity contribution < 1.29 is 4.39 Å². The number of nitrogen functional groups attached to an aromatic ring is 1. The summed E-state index contributed by atoms with van der Waals surface area (Å²) in [4.78, 5) is 1.12. The maximum atomic E-state index is 12.9. The van der Waals surface area contributed by atoms with Gasteiger partial charge in [-0.25, -0.2) is 4.39 Å². The van der Waals surface area contributed by atoms with E-state index < -0.39 is 0 Å². The van der Waals surface area contributed by atoms with Crippen molar-refractivity contribution in [2.45, 2.75) is 22.5 Å². The second-order valence-corrected chi connectivity index (χ2v) is 6.13. The highest BCUT2D eigenvalue weighted by Crippen LogP contribution is 2.59. The van der Waals surface area contributed by atoms with Crippen LogP contribution in [0.1, 0.15) is 18.4 Å². The first-order valence-corrected chi connectivity index (χ1v) is 6.80. The van der Waals surface area contributed by atoms with Crippen molar-refractivity contribution in [1.82, 2.24) is 0 Å². The van der Waals surface area contributed by atoms with Gasteiger partial charge in [0.2, 0.25) is 0 Å². The Morgan fingerprint density at radius 2 is 1.56 bits per heavy atom. The van der Waals surface area contributed by atoms with Gasteiger partial charge in [0.05, 0.1) is 0 Å². The van der Waals surface area contributed by atoms with Crippen LogP contribution >= 0.6 is 11.8 Å². The molecule has 1 aliphatic rings. The Balaban J connectivity index is 1.83. The SMILES string of the molecule is Nc1ccc(C2(Sc3ccc(F)cc3)CC2)cc1. The van der Waals surface area contributed by atoms with Crippen LogP contribution in [0, 0.1) is 5.82 Å². The fraction of sp³-hybridized carbons (Fsp3) is 0.200. The van der Waals surface area contributed by atoms with Crippen molar-refractivity contribution in [1.29, 1.82) is 0 Å². The molecular weight excluding hydrogens is 245 g/mol. The number of thioether (sulfide) groups is 1. The molecule has 0 heterocycles. The second-order valence-electron chi connectivity index (χ2n) is 4.67. The fourth-order valence-corrected chi connectivity index (χ4v) is 3.36. The standard InChI is InChI=1S/C15H14FNS/c16-12-3-7-14(8-4-12)18-15(9-10-15)11-1-5-13(17)6-2-11/h1-8H,9-10,17H2. The molecule has 0 saturated heterocycles.